The SMILES string of the molecule is O=[N+]([O-])c1cccc(F)c1NCc1ccc(O)c(O)c1O. The quantitative estimate of drug-likeness (QED) is 0.391. The van der Waals surface area contributed by atoms with Gasteiger partial charge in [0.1, 0.15) is 5.69 Å². The van der Waals surface area contributed by atoms with Crippen LogP contribution in [0.25, 0.3) is 0 Å². The molecule has 2 aromatic carbocycles. The molecule has 0 aliphatic carbocycles. The third kappa shape index (κ3) is 2.78. The van der Waals surface area contributed by atoms with Crippen molar-refractivity contribution in [3.8, 4) is 17.2 Å². The number of phenolic OH excluding ortho intramolecular Hbond substituents is 3. The summed E-state index contributed by atoms with van der Waals surface area (Å²) in [6.45, 7) is -0.179. The molecule has 0 bridgehead atoms. The van der Waals surface area contributed by atoms with E-state index in [1.807, 2.05) is 0 Å². The van der Waals surface area contributed by atoms with Crippen molar-refractivity contribution in [3.63, 3.8) is 0 Å². The number of hydrogen-bond donors (Lipinski definition) is 4. The van der Waals surface area contributed by atoms with E-state index in [1.54, 1.807) is 0 Å². The van der Waals surface area contributed by atoms with Gasteiger partial charge >= 0.3 is 0 Å². The van der Waals surface area contributed by atoms with Crippen molar-refractivity contribution in [3.05, 3.63) is 51.8 Å². The molecule has 4 N–H and O–H groups in total. The number of nitrogens with one attached hydrogen (secondary N) is 1. The Bertz CT molecular complexity index is 705. The van der Waals surface area contributed by atoms with Crippen LogP contribution in [-0.2, 0) is 6.54 Å². The van der Waals surface area contributed by atoms with Crippen molar-refractivity contribution in [2.75, 3.05) is 5.32 Å². The van der Waals surface area contributed by atoms with Gasteiger partial charge in [-0.2, -0.15) is 0 Å². The number of phenols is 3. The van der Waals surface area contributed by atoms with Crippen molar-refractivity contribution < 1.29 is 24.6 Å². The van der Waals surface area contributed by atoms with Gasteiger partial charge in [-0.05, 0) is 18.2 Å². The molecule has 110 valence electrons. The van der Waals surface area contributed by atoms with E-state index in [4.69, 9.17) is 0 Å². The molecule has 0 aromatic heterocycles. The van der Waals surface area contributed by atoms with Crippen molar-refractivity contribution in [2.24, 2.45) is 0 Å². The zero-order chi connectivity index (χ0) is 15.6. The summed E-state index contributed by atoms with van der Waals surface area (Å²) < 4.78 is 13.6. The molecule has 0 amide bonds. The van der Waals surface area contributed by atoms with Gasteiger partial charge in [-0.15, -0.1) is 0 Å². The molecule has 0 atom stereocenters. The molecule has 0 saturated heterocycles. The lowest BCUT2D eigenvalue weighted by Crippen LogP contribution is -2.05. The first-order valence-corrected chi connectivity index (χ1v) is 5.81. The summed E-state index contributed by atoms with van der Waals surface area (Å²) in [6, 6.07) is 5.84. The van der Waals surface area contributed by atoms with Gasteiger partial charge in [0.15, 0.2) is 17.3 Å². The maximum absolute atomic E-state index is 13.6. The zero-order valence-corrected chi connectivity index (χ0v) is 10.6. The lowest BCUT2D eigenvalue weighted by molar-refractivity contribution is -0.384. The van der Waals surface area contributed by atoms with Gasteiger partial charge in [0.05, 0.1) is 4.92 Å². The van der Waals surface area contributed by atoms with Crippen molar-refractivity contribution in [1.29, 1.82) is 0 Å². The average Bonchev–Trinajstić information content (AvgIpc) is 2.45. The average molecular weight is 294 g/mol. The fraction of sp³-hybridized carbons (Fsp3) is 0.0769. The number of aromatic hydroxyl groups is 3. The van der Waals surface area contributed by atoms with Gasteiger partial charge in [0.25, 0.3) is 5.69 Å². The second-order valence-electron chi connectivity index (χ2n) is 4.19. The van der Waals surface area contributed by atoms with Gasteiger partial charge in [-0.3, -0.25) is 10.1 Å². The zero-order valence-electron chi connectivity index (χ0n) is 10.6. The Balaban J connectivity index is 2.29. The molecular weight excluding hydrogens is 283 g/mol. The van der Waals surface area contributed by atoms with E-state index < -0.39 is 33.7 Å². The Hall–Kier alpha value is -3.03. The minimum atomic E-state index is -0.813. The monoisotopic (exact) mass is 294 g/mol. The van der Waals surface area contributed by atoms with Crippen LogP contribution >= 0.6 is 0 Å². The predicted molar refractivity (Wildman–Crippen MR) is 71.8 cm³/mol. The van der Waals surface area contributed by atoms with Crippen LogP contribution < -0.4 is 5.32 Å². The van der Waals surface area contributed by atoms with E-state index in [2.05, 4.69) is 5.32 Å². The van der Waals surface area contributed by atoms with Gasteiger partial charge in [0.2, 0.25) is 5.75 Å². The molecule has 0 aliphatic rings. The first-order chi connectivity index (χ1) is 9.91. The Morgan fingerprint density at radius 3 is 2.52 bits per heavy atom. The maximum Gasteiger partial charge on any atom is 0.295 e. The van der Waals surface area contributed by atoms with Crippen LogP contribution in [0.5, 0.6) is 17.2 Å². The summed E-state index contributed by atoms with van der Waals surface area (Å²) in [7, 11) is 0. The van der Waals surface area contributed by atoms with E-state index in [0.29, 0.717) is 0 Å². The summed E-state index contributed by atoms with van der Waals surface area (Å²) in [6.07, 6.45) is 0. The van der Waals surface area contributed by atoms with Crippen molar-refractivity contribution in [1.82, 2.24) is 0 Å². The van der Waals surface area contributed by atoms with Gasteiger partial charge < -0.3 is 20.6 Å². The molecular formula is C13H11FN2O5. The number of rotatable bonds is 4. The van der Waals surface area contributed by atoms with Crippen molar-refractivity contribution >= 4 is 11.4 Å². The number of benzene rings is 2. The van der Waals surface area contributed by atoms with Crippen LogP contribution in [0, 0.1) is 15.9 Å². The number of para-hydroxylation sites is 1. The lowest BCUT2D eigenvalue weighted by atomic mass is 10.1. The minimum Gasteiger partial charge on any atom is -0.504 e. The number of halogens is 1. The smallest absolute Gasteiger partial charge is 0.295 e. The highest BCUT2D eigenvalue weighted by molar-refractivity contribution is 5.63. The minimum absolute atomic E-state index is 0.142. The summed E-state index contributed by atoms with van der Waals surface area (Å²) in [5, 5.41) is 41.5. The number of nitro groups is 1. The van der Waals surface area contributed by atoms with Gasteiger partial charge in [-0.25, -0.2) is 4.39 Å². The molecule has 0 spiro atoms. The van der Waals surface area contributed by atoms with E-state index >= 15 is 0 Å². The highest BCUT2D eigenvalue weighted by Gasteiger charge is 2.18. The Morgan fingerprint density at radius 1 is 1.14 bits per heavy atom. The van der Waals surface area contributed by atoms with Crippen LogP contribution in [0.3, 0.4) is 0 Å². The van der Waals surface area contributed by atoms with Gasteiger partial charge in [-0.1, -0.05) is 6.07 Å². The molecule has 21 heavy (non-hydrogen) atoms. The fourth-order valence-corrected chi connectivity index (χ4v) is 1.78. The van der Waals surface area contributed by atoms with Crippen LogP contribution in [0.4, 0.5) is 15.8 Å². The first kappa shape index (κ1) is 14.4. The topological polar surface area (TPSA) is 116 Å². The summed E-state index contributed by atoms with van der Waals surface area (Å²) >= 11 is 0. The summed E-state index contributed by atoms with van der Waals surface area (Å²) in [5.41, 5.74) is -0.630. The van der Waals surface area contributed by atoms with Crippen LogP contribution in [0.1, 0.15) is 5.56 Å². The third-order valence-corrected chi connectivity index (χ3v) is 2.86. The normalized spacial score (nSPS) is 10.3. The summed E-state index contributed by atoms with van der Waals surface area (Å²) in [5.74, 6) is -2.61. The number of nitrogens with zero attached hydrogens (tertiary/aromatic N) is 1. The van der Waals surface area contributed by atoms with E-state index in [1.165, 1.54) is 12.1 Å². The first-order valence-electron chi connectivity index (χ1n) is 5.81. The fourth-order valence-electron chi connectivity index (χ4n) is 1.78. The Labute approximate surface area is 118 Å². The summed E-state index contributed by atoms with van der Waals surface area (Å²) in [4.78, 5) is 10.1. The highest BCUT2D eigenvalue weighted by Crippen LogP contribution is 2.37. The van der Waals surface area contributed by atoms with Crippen LogP contribution in [-0.4, -0.2) is 20.2 Å². The molecule has 0 heterocycles. The Kier molecular flexibility index (Phi) is 3.79. The van der Waals surface area contributed by atoms with E-state index in [9.17, 15) is 29.8 Å². The number of hydrogen-bond acceptors (Lipinski definition) is 6. The molecule has 0 aliphatic heterocycles. The molecule has 2 aromatic rings. The lowest BCUT2D eigenvalue weighted by Gasteiger charge is -2.10. The third-order valence-electron chi connectivity index (χ3n) is 2.86. The van der Waals surface area contributed by atoms with E-state index in [-0.39, 0.29) is 17.8 Å². The largest absolute Gasteiger partial charge is 0.504 e. The molecule has 2 rings (SSSR count). The number of nitro benzene ring substituents is 1. The number of anilines is 1. The molecule has 7 nitrogen and oxygen atoms in total. The predicted octanol–water partition coefficient (Wildman–Crippen LogP) is 2.46. The molecule has 0 fully saturated rings. The standard InChI is InChI=1S/C13H11FN2O5/c14-8-2-1-3-9(16(20)21)11(8)15-6-7-4-5-10(17)13(19)12(7)18/h1-5,15,17-19H,6H2. The molecule has 8 heteroatoms. The second kappa shape index (κ2) is 5.53. The molecule has 0 saturated carbocycles. The van der Waals surface area contributed by atoms with Gasteiger partial charge in [0, 0.05) is 18.2 Å². The molecule has 0 unspecified atom stereocenters. The highest BCUT2D eigenvalue weighted by atomic mass is 19.1. The Morgan fingerprint density at radius 2 is 1.86 bits per heavy atom. The van der Waals surface area contributed by atoms with Crippen LogP contribution in [0.15, 0.2) is 30.3 Å². The second-order valence-corrected chi connectivity index (χ2v) is 4.19. The van der Waals surface area contributed by atoms with E-state index in [0.717, 1.165) is 18.2 Å². The van der Waals surface area contributed by atoms with Crippen LogP contribution in [0.2, 0.25) is 0 Å². The maximum atomic E-state index is 13.6. The van der Waals surface area contributed by atoms with Crippen molar-refractivity contribution in [2.45, 2.75) is 6.54 Å². The molecule has 0 radical (unpaired) electrons.